The van der Waals surface area contributed by atoms with E-state index in [4.69, 9.17) is 11.6 Å². The van der Waals surface area contributed by atoms with Gasteiger partial charge < -0.3 is 5.32 Å². The second-order valence-corrected chi connectivity index (χ2v) is 7.69. The van der Waals surface area contributed by atoms with Gasteiger partial charge in [-0.2, -0.15) is 0 Å². The molecule has 0 amide bonds. The molecule has 1 heterocycles. The number of benzene rings is 2. The van der Waals surface area contributed by atoms with Crippen molar-refractivity contribution in [1.29, 1.82) is 0 Å². The van der Waals surface area contributed by atoms with Gasteiger partial charge in [-0.25, -0.2) is 8.42 Å². The van der Waals surface area contributed by atoms with E-state index in [0.29, 0.717) is 16.5 Å². The lowest BCUT2D eigenvalue weighted by atomic mass is 9.98. The maximum atomic E-state index is 12.8. The van der Waals surface area contributed by atoms with Crippen molar-refractivity contribution in [1.82, 2.24) is 5.32 Å². The molecule has 1 aliphatic rings. The third-order valence-electron chi connectivity index (χ3n) is 3.87. The summed E-state index contributed by atoms with van der Waals surface area (Å²) in [6.07, 6.45) is 0.821. The van der Waals surface area contributed by atoms with E-state index in [9.17, 15) is 8.42 Å². The summed E-state index contributed by atoms with van der Waals surface area (Å²) in [5, 5.41) is 3.09. The smallest absolute Gasteiger partial charge is 0.194 e. The van der Waals surface area contributed by atoms with Crippen molar-refractivity contribution in [3.8, 4) is 0 Å². The average Bonchev–Trinajstić information content (AvgIpc) is 2.99. The van der Waals surface area contributed by atoms with Crippen LogP contribution in [-0.4, -0.2) is 20.3 Å². The highest BCUT2D eigenvalue weighted by Gasteiger charge is 2.38. The third kappa shape index (κ3) is 2.84. The summed E-state index contributed by atoms with van der Waals surface area (Å²) in [5.74, 6) is -0.0214. The van der Waals surface area contributed by atoms with Crippen LogP contribution < -0.4 is 5.32 Å². The molecule has 21 heavy (non-hydrogen) atoms. The molecular weight excluding hydrogens is 306 g/mol. The highest BCUT2D eigenvalue weighted by atomic mass is 35.5. The molecule has 0 spiro atoms. The Morgan fingerprint density at radius 1 is 1.00 bits per heavy atom. The summed E-state index contributed by atoms with van der Waals surface area (Å²) < 4.78 is 25.6. The minimum Gasteiger partial charge on any atom is -0.300 e. The molecule has 0 radical (unpaired) electrons. The van der Waals surface area contributed by atoms with Crippen molar-refractivity contribution in [2.45, 2.75) is 22.6 Å². The Morgan fingerprint density at radius 2 is 1.67 bits per heavy atom. The van der Waals surface area contributed by atoms with Crippen LogP contribution in [-0.2, 0) is 9.84 Å². The van der Waals surface area contributed by atoms with Gasteiger partial charge in [-0.05, 0) is 42.8 Å². The number of sulfone groups is 1. The first-order chi connectivity index (χ1) is 10.1. The van der Waals surface area contributed by atoms with E-state index < -0.39 is 15.2 Å². The largest absolute Gasteiger partial charge is 0.300 e. The predicted octanol–water partition coefficient (Wildman–Crippen LogP) is 3.22. The lowest BCUT2D eigenvalue weighted by Crippen LogP contribution is -2.34. The molecule has 1 N–H and O–H groups in total. The highest BCUT2D eigenvalue weighted by Crippen LogP contribution is 2.33. The molecule has 0 bridgehead atoms. The van der Waals surface area contributed by atoms with E-state index in [0.717, 1.165) is 12.0 Å². The molecule has 3 rings (SSSR count). The number of hydrogen-bond donors (Lipinski definition) is 1. The minimum atomic E-state index is -3.42. The number of hydrogen-bond acceptors (Lipinski definition) is 3. The van der Waals surface area contributed by atoms with E-state index in [1.807, 2.05) is 30.3 Å². The Bertz CT molecular complexity index is 714. The lowest BCUT2D eigenvalue weighted by molar-refractivity contribution is 0.559. The van der Waals surface area contributed by atoms with E-state index in [2.05, 4.69) is 5.32 Å². The van der Waals surface area contributed by atoms with Crippen molar-refractivity contribution >= 4 is 21.4 Å². The molecule has 2 aromatic carbocycles. The highest BCUT2D eigenvalue weighted by molar-refractivity contribution is 7.92. The Morgan fingerprint density at radius 3 is 2.33 bits per heavy atom. The molecule has 2 unspecified atom stereocenters. The summed E-state index contributed by atoms with van der Waals surface area (Å²) in [6.45, 7) is 0.705. The quantitative estimate of drug-likeness (QED) is 0.944. The van der Waals surface area contributed by atoms with Crippen LogP contribution in [0.3, 0.4) is 0 Å². The number of nitrogens with one attached hydrogen (secondary N) is 1. The van der Waals surface area contributed by atoms with Gasteiger partial charge in [0, 0.05) is 10.9 Å². The molecule has 0 aliphatic carbocycles. The average molecular weight is 322 g/mol. The van der Waals surface area contributed by atoms with Gasteiger partial charge in [-0.1, -0.05) is 41.9 Å². The van der Waals surface area contributed by atoms with Gasteiger partial charge in [0.25, 0.3) is 0 Å². The molecule has 110 valence electrons. The lowest BCUT2D eigenvalue weighted by Gasteiger charge is -2.20. The Balaban J connectivity index is 1.96. The van der Waals surface area contributed by atoms with Crippen LogP contribution in [0.5, 0.6) is 0 Å². The van der Waals surface area contributed by atoms with Gasteiger partial charge in [-0.3, -0.25) is 0 Å². The zero-order valence-corrected chi connectivity index (χ0v) is 12.9. The molecule has 0 aromatic heterocycles. The van der Waals surface area contributed by atoms with Crippen LogP contribution in [0.2, 0.25) is 5.02 Å². The molecule has 5 heteroatoms. The summed E-state index contributed by atoms with van der Waals surface area (Å²) in [6, 6.07) is 16.2. The fraction of sp³-hybridized carbons (Fsp3) is 0.250. The second-order valence-electron chi connectivity index (χ2n) is 5.18. The predicted molar refractivity (Wildman–Crippen MR) is 84.2 cm³/mol. The van der Waals surface area contributed by atoms with Crippen LogP contribution >= 0.6 is 11.6 Å². The fourth-order valence-corrected chi connectivity index (χ4v) is 4.81. The van der Waals surface area contributed by atoms with Gasteiger partial charge in [-0.15, -0.1) is 0 Å². The minimum absolute atomic E-state index is 0.0214. The van der Waals surface area contributed by atoms with Crippen LogP contribution in [0.1, 0.15) is 17.9 Å². The SMILES string of the molecule is O=S(=O)(c1ccc(Cl)cc1)C1NCCC1c1ccccc1. The van der Waals surface area contributed by atoms with Gasteiger partial charge in [0.05, 0.1) is 4.90 Å². The Labute approximate surface area is 129 Å². The first-order valence-electron chi connectivity index (χ1n) is 6.87. The van der Waals surface area contributed by atoms with E-state index in [1.165, 1.54) is 0 Å². The van der Waals surface area contributed by atoms with Crippen molar-refractivity contribution in [2.75, 3.05) is 6.54 Å². The fourth-order valence-electron chi connectivity index (χ4n) is 2.81. The molecule has 2 aromatic rings. The van der Waals surface area contributed by atoms with Crippen LogP contribution in [0.4, 0.5) is 0 Å². The molecule has 0 saturated carbocycles. The van der Waals surface area contributed by atoms with Crippen molar-refractivity contribution in [2.24, 2.45) is 0 Å². The number of halogens is 1. The van der Waals surface area contributed by atoms with Crippen LogP contribution in [0, 0.1) is 0 Å². The van der Waals surface area contributed by atoms with Crippen LogP contribution in [0.25, 0.3) is 0 Å². The zero-order chi connectivity index (χ0) is 14.9. The van der Waals surface area contributed by atoms with Gasteiger partial charge in [0.1, 0.15) is 5.37 Å². The molecule has 3 nitrogen and oxygen atoms in total. The summed E-state index contributed by atoms with van der Waals surface area (Å²) >= 11 is 5.84. The van der Waals surface area contributed by atoms with E-state index in [-0.39, 0.29) is 5.92 Å². The summed E-state index contributed by atoms with van der Waals surface area (Å²) in [4.78, 5) is 0.312. The van der Waals surface area contributed by atoms with Gasteiger partial charge in [0.15, 0.2) is 9.84 Å². The third-order valence-corrected chi connectivity index (χ3v) is 6.22. The second kappa shape index (κ2) is 5.79. The zero-order valence-electron chi connectivity index (χ0n) is 11.4. The van der Waals surface area contributed by atoms with Gasteiger partial charge in [0.2, 0.25) is 0 Å². The summed E-state index contributed by atoms with van der Waals surface area (Å²) in [5.41, 5.74) is 1.06. The molecule has 1 fully saturated rings. The van der Waals surface area contributed by atoms with Crippen LogP contribution in [0.15, 0.2) is 59.5 Å². The maximum absolute atomic E-state index is 12.8. The Hall–Kier alpha value is -1.36. The van der Waals surface area contributed by atoms with Crippen molar-refractivity contribution in [3.05, 3.63) is 65.2 Å². The molecule has 2 atom stereocenters. The molecule has 1 saturated heterocycles. The first kappa shape index (κ1) is 14.6. The first-order valence-corrected chi connectivity index (χ1v) is 8.79. The van der Waals surface area contributed by atoms with E-state index >= 15 is 0 Å². The van der Waals surface area contributed by atoms with Crippen molar-refractivity contribution < 1.29 is 8.42 Å². The normalized spacial score (nSPS) is 22.3. The molecular formula is C16H16ClNO2S. The van der Waals surface area contributed by atoms with Gasteiger partial charge >= 0.3 is 0 Å². The topological polar surface area (TPSA) is 46.2 Å². The van der Waals surface area contributed by atoms with E-state index in [1.54, 1.807) is 24.3 Å². The monoisotopic (exact) mass is 321 g/mol. The van der Waals surface area contributed by atoms with Crippen molar-refractivity contribution in [3.63, 3.8) is 0 Å². The number of rotatable bonds is 3. The standard InChI is InChI=1S/C16H16ClNO2S/c17-13-6-8-14(9-7-13)21(19,20)16-15(10-11-18-16)12-4-2-1-3-5-12/h1-9,15-16,18H,10-11H2. The Kier molecular flexibility index (Phi) is 4.02. The maximum Gasteiger partial charge on any atom is 0.194 e. The molecule has 1 aliphatic heterocycles. The summed E-state index contributed by atoms with van der Waals surface area (Å²) in [7, 11) is -3.42.